The van der Waals surface area contributed by atoms with Crippen LogP contribution in [0.3, 0.4) is 0 Å². The van der Waals surface area contributed by atoms with E-state index in [1.54, 1.807) is 0 Å². The number of benzene rings is 1. The minimum atomic E-state index is -0.230. The Kier molecular flexibility index (Phi) is 4.04. The highest BCUT2D eigenvalue weighted by atomic mass is 16.7. The molecule has 1 aliphatic carbocycles. The molecule has 0 radical (unpaired) electrons. The fraction of sp³-hybridized carbons (Fsp3) is 0.556. The van der Waals surface area contributed by atoms with E-state index in [0.29, 0.717) is 31.3 Å². The third kappa shape index (κ3) is 2.92. The number of ether oxygens (including phenoxy) is 2. The third-order valence-corrected chi connectivity index (χ3v) is 5.20. The molecule has 128 valence electrons. The average Bonchev–Trinajstić information content (AvgIpc) is 3.31. The van der Waals surface area contributed by atoms with E-state index < -0.39 is 0 Å². The van der Waals surface area contributed by atoms with Crippen LogP contribution in [0.5, 0.6) is 11.5 Å². The smallest absolute Gasteiger partial charge is 0.231 e. The standard InChI is InChI=1S/C18H22N2O4/c21-17-8-13(10-20(17)14-3-1-2-4-14)18(22)19-9-12-5-6-15-16(7-12)24-11-23-15/h5-7,13-14H,1-4,8-11H2,(H,19,22)/t13-/m0/s1. The van der Waals surface area contributed by atoms with Crippen molar-refractivity contribution in [2.45, 2.75) is 44.7 Å². The molecule has 1 saturated heterocycles. The zero-order valence-electron chi connectivity index (χ0n) is 13.6. The topological polar surface area (TPSA) is 67.9 Å². The minimum Gasteiger partial charge on any atom is -0.454 e. The second-order valence-corrected chi connectivity index (χ2v) is 6.79. The highest BCUT2D eigenvalue weighted by molar-refractivity contribution is 5.89. The number of likely N-dealkylation sites (tertiary alicyclic amines) is 1. The SMILES string of the molecule is O=C(NCc1ccc2c(c1)OCO2)[C@H]1CC(=O)N(C2CCCC2)C1. The van der Waals surface area contributed by atoms with Gasteiger partial charge < -0.3 is 19.7 Å². The van der Waals surface area contributed by atoms with Crippen molar-refractivity contribution in [2.75, 3.05) is 13.3 Å². The van der Waals surface area contributed by atoms with E-state index in [4.69, 9.17) is 9.47 Å². The highest BCUT2D eigenvalue weighted by Gasteiger charge is 2.38. The van der Waals surface area contributed by atoms with E-state index in [9.17, 15) is 9.59 Å². The molecule has 0 spiro atoms. The van der Waals surface area contributed by atoms with Gasteiger partial charge in [0.25, 0.3) is 0 Å². The number of fused-ring (bicyclic) bond motifs is 1. The van der Waals surface area contributed by atoms with E-state index in [0.717, 1.165) is 24.2 Å². The molecule has 0 unspecified atom stereocenters. The quantitative estimate of drug-likeness (QED) is 0.914. The lowest BCUT2D eigenvalue weighted by Crippen LogP contribution is -2.36. The van der Waals surface area contributed by atoms with E-state index in [1.165, 1.54) is 12.8 Å². The van der Waals surface area contributed by atoms with E-state index >= 15 is 0 Å². The molecule has 0 bridgehead atoms. The minimum absolute atomic E-state index is 0.0403. The van der Waals surface area contributed by atoms with Gasteiger partial charge in [-0.1, -0.05) is 18.9 Å². The first-order chi connectivity index (χ1) is 11.7. The maximum atomic E-state index is 12.4. The molecule has 2 amide bonds. The average molecular weight is 330 g/mol. The van der Waals surface area contributed by atoms with Gasteiger partial charge in [-0.2, -0.15) is 0 Å². The Labute approximate surface area is 141 Å². The van der Waals surface area contributed by atoms with Crippen LogP contribution >= 0.6 is 0 Å². The lowest BCUT2D eigenvalue weighted by atomic mass is 10.1. The van der Waals surface area contributed by atoms with Crippen molar-refractivity contribution in [2.24, 2.45) is 5.92 Å². The van der Waals surface area contributed by atoms with Crippen LogP contribution in [-0.4, -0.2) is 36.1 Å². The second-order valence-electron chi connectivity index (χ2n) is 6.79. The number of amides is 2. The van der Waals surface area contributed by atoms with Gasteiger partial charge in [-0.15, -0.1) is 0 Å². The van der Waals surface area contributed by atoms with Crippen molar-refractivity contribution in [1.29, 1.82) is 0 Å². The largest absolute Gasteiger partial charge is 0.454 e. The van der Waals surface area contributed by atoms with Crippen LogP contribution in [0.2, 0.25) is 0 Å². The van der Waals surface area contributed by atoms with Crippen LogP contribution in [0, 0.1) is 5.92 Å². The van der Waals surface area contributed by atoms with E-state index in [1.807, 2.05) is 23.1 Å². The summed E-state index contributed by atoms with van der Waals surface area (Å²) in [5.41, 5.74) is 0.963. The number of hydrogen-bond donors (Lipinski definition) is 1. The van der Waals surface area contributed by atoms with Crippen LogP contribution in [0.25, 0.3) is 0 Å². The van der Waals surface area contributed by atoms with Gasteiger partial charge in [0, 0.05) is 25.6 Å². The molecule has 0 aromatic heterocycles. The van der Waals surface area contributed by atoms with Crippen LogP contribution in [-0.2, 0) is 16.1 Å². The summed E-state index contributed by atoms with van der Waals surface area (Å²) in [5, 5.41) is 2.95. The Bertz CT molecular complexity index is 654. The summed E-state index contributed by atoms with van der Waals surface area (Å²) in [4.78, 5) is 26.5. The molecule has 1 N–H and O–H groups in total. The summed E-state index contributed by atoms with van der Waals surface area (Å²) in [6.45, 7) is 1.24. The van der Waals surface area contributed by atoms with E-state index in [-0.39, 0.29) is 24.5 Å². The molecule has 2 aliphatic heterocycles. The van der Waals surface area contributed by atoms with Crippen molar-refractivity contribution in [3.8, 4) is 11.5 Å². The number of nitrogens with one attached hydrogen (secondary N) is 1. The van der Waals surface area contributed by atoms with Gasteiger partial charge in [0.15, 0.2) is 11.5 Å². The van der Waals surface area contributed by atoms with Gasteiger partial charge in [0.05, 0.1) is 5.92 Å². The van der Waals surface area contributed by atoms with Gasteiger partial charge in [0.1, 0.15) is 0 Å². The van der Waals surface area contributed by atoms with Crippen molar-refractivity contribution in [3.63, 3.8) is 0 Å². The molecule has 1 aromatic carbocycles. The summed E-state index contributed by atoms with van der Waals surface area (Å²) < 4.78 is 10.6. The van der Waals surface area contributed by atoms with Gasteiger partial charge in [0.2, 0.25) is 18.6 Å². The first-order valence-corrected chi connectivity index (χ1v) is 8.66. The summed E-state index contributed by atoms with van der Waals surface area (Å²) >= 11 is 0. The summed E-state index contributed by atoms with van der Waals surface area (Å²) in [5.74, 6) is 1.31. The van der Waals surface area contributed by atoms with Gasteiger partial charge in [-0.3, -0.25) is 9.59 Å². The number of carbonyl (C=O) groups is 2. The molecule has 2 heterocycles. The lowest BCUT2D eigenvalue weighted by Gasteiger charge is -2.23. The first kappa shape index (κ1) is 15.3. The molecular formula is C18H22N2O4. The fourth-order valence-electron chi connectivity index (χ4n) is 3.86. The van der Waals surface area contributed by atoms with Gasteiger partial charge >= 0.3 is 0 Å². The lowest BCUT2D eigenvalue weighted by molar-refractivity contribution is -0.130. The number of rotatable bonds is 4. The van der Waals surface area contributed by atoms with Crippen LogP contribution < -0.4 is 14.8 Å². The third-order valence-electron chi connectivity index (χ3n) is 5.20. The molecule has 1 saturated carbocycles. The van der Waals surface area contributed by atoms with Gasteiger partial charge in [-0.05, 0) is 30.5 Å². The van der Waals surface area contributed by atoms with Crippen molar-refractivity contribution < 1.29 is 19.1 Å². The maximum Gasteiger partial charge on any atom is 0.231 e. The number of carbonyl (C=O) groups excluding carboxylic acids is 2. The normalized spacial score (nSPS) is 23.1. The zero-order valence-corrected chi connectivity index (χ0v) is 13.6. The van der Waals surface area contributed by atoms with Crippen LogP contribution in [0.15, 0.2) is 18.2 Å². The Morgan fingerprint density at radius 1 is 1.21 bits per heavy atom. The first-order valence-electron chi connectivity index (χ1n) is 8.66. The van der Waals surface area contributed by atoms with Crippen molar-refractivity contribution >= 4 is 11.8 Å². The Balaban J connectivity index is 1.32. The molecule has 6 heteroatoms. The maximum absolute atomic E-state index is 12.4. The summed E-state index contributed by atoms with van der Waals surface area (Å²) in [6, 6.07) is 6.00. The van der Waals surface area contributed by atoms with Crippen molar-refractivity contribution in [3.05, 3.63) is 23.8 Å². The molecule has 24 heavy (non-hydrogen) atoms. The van der Waals surface area contributed by atoms with Crippen molar-refractivity contribution in [1.82, 2.24) is 10.2 Å². The summed E-state index contributed by atoms with van der Waals surface area (Å²) in [7, 11) is 0. The molecule has 1 aromatic rings. The molecule has 4 rings (SSSR count). The molecule has 2 fully saturated rings. The zero-order chi connectivity index (χ0) is 16.5. The molecule has 6 nitrogen and oxygen atoms in total. The molecular weight excluding hydrogens is 308 g/mol. The molecule has 1 atom stereocenters. The number of nitrogens with zero attached hydrogens (tertiary/aromatic N) is 1. The van der Waals surface area contributed by atoms with Crippen LogP contribution in [0.4, 0.5) is 0 Å². The van der Waals surface area contributed by atoms with Crippen LogP contribution in [0.1, 0.15) is 37.7 Å². The molecule has 3 aliphatic rings. The Hall–Kier alpha value is -2.24. The Morgan fingerprint density at radius 3 is 2.83 bits per heavy atom. The summed E-state index contributed by atoms with van der Waals surface area (Å²) in [6.07, 6.45) is 4.88. The monoisotopic (exact) mass is 330 g/mol. The predicted octanol–water partition coefficient (Wildman–Crippen LogP) is 1.82. The van der Waals surface area contributed by atoms with Gasteiger partial charge in [-0.25, -0.2) is 0 Å². The predicted molar refractivity (Wildman–Crippen MR) is 86.5 cm³/mol. The number of hydrogen-bond acceptors (Lipinski definition) is 4. The Morgan fingerprint density at radius 2 is 2.00 bits per heavy atom. The fourth-order valence-corrected chi connectivity index (χ4v) is 3.86. The highest BCUT2D eigenvalue weighted by Crippen LogP contribution is 2.32. The van der Waals surface area contributed by atoms with E-state index in [2.05, 4.69) is 5.32 Å². The second kappa shape index (κ2) is 6.34.